The lowest BCUT2D eigenvalue weighted by Gasteiger charge is -1.95. The lowest BCUT2D eigenvalue weighted by molar-refractivity contribution is 0.869. The average molecular weight is 247 g/mol. The first kappa shape index (κ1) is 10.3. The summed E-state index contributed by atoms with van der Waals surface area (Å²) in [5, 5.41) is 1.15. The standard InChI is InChI=1S/C10H16BrP/c1-9-7-12(8-10(9)2)6-4-3-5-11/h7-8H,3-6H2,1-2H3. The lowest BCUT2D eigenvalue weighted by atomic mass is 10.2. The smallest absolute Gasteiger partial charge is 0.00315 e. The van der Waals surface area contributed by atoms with E-state index < -0.39 is 0 Å². The predicted molar refractivity (Wildman–Crippen MR) is 61.7 cm³/mol. The average Bonchev–Trinajstić information content (AvgIpc) is 2.32. The van der Waals surface area contributed by atoms with Crippen molar-refractivity contribution in [1.29, 1.82) is 0 Å². The molecule has 2 heteroatoms. The Morgan fingerprint density at radius 3 is 2.25 bits per heavy atom. The highest BCUT2D eigenvalue weighted by Crippen LogP contribution is 2.34. The summed E-state index contributed by atoms with van der Waals surface area (Å²) in [5.41, 5.74) is 3.00. The molecule has 0 radical (unpaired) electrons. The van der Waals surface area contributed by atoms with Crippen LogP contribution in [0.1, 0.15) is 24.0 Å². The van der Waals surface area contributed by atoms with Crippen LogP contribution in [0.25, 0.3) is 0 Å². The van der Waals surface area contributed by atoms with E-state index in [0.29, 0.717) is 0 Å². The summed E-state index contributed by atoms with van der Waals surface area (Å²) in [7, 11) is 0.120. The second-order valence-corrected chi connectivity index (χ2v) is 6.04. The highest BCUT2D eigenvalue weighted by atomic mass is 79.9. The molecule has 0 saturated heterocycles. The molecule has 0 aliphatic carbocycles. The highest BCUT2D eigenvalue weighted by molar-refractivity contribution is 9.09. The number of hydrogen-bond donors (Lipinski definition) is 0. The van der Waals surface area contributed by atoms with E-state index in [9.17, 15) is 0 Å². The van der Waals surface area contributed by atoms with Gasteiger partial charge in [-0.2, -0.15) is 0 Å². The van der Waals surface area contributed by atoms with E-state index in [1.165, 1.54) is 30.1 Å². The van der Waals surface area contributed by atoms with Crippen LogP contribution < -0.4 is 0 Å². The van der Waals surface area contributed by atoms with Crippen molar-refractivity contribution in [2.45, 2.75) is 32.9 Å². The van der Waals surface area contributed by atoms with Crippen molar-refractivity contribution in [2.24, 2.45) is 0 Å². The van der Waals surface area contributed by atoms with Crippen molar-refractivity contribution in [1.82, 2.24) is 0 Å². The van der Waals surface area contributed by atoms with Gasteiger partial charge >= 0.3 is 0 Å². The summed E-state index contributed by atoms with van der Waals surface area (Å²) in [4.78, 5) is 0. The summed E-state index contributed by atoms with van der Waals surface area (Å²) < 4.78 is 0. The fraction of sp³-hybridized carbons (Fsp3) is 0.600. The minimum Gasteiger partial charge on any atom is -0.124 e. The van der Waals surface area contributed by atoms with E-state index in [0.717, 1.165) is 5.33 Å². The zero-order valence-corrected chi connectivity index (χ0v) is 10.3. The van der Waals surface area contributed by atoms with E-state index in [-0.39, 0.29) is 7.53 Å². The Hall–Kier alpha value is 0.260. The maximum absolute atomic E-state index is 3.46. The molecular formula is C10H16BrP. The lowest BCUT2D eigenvalue weighted by Crippen LogP contribution is -1.74. The molecule has 1 aromatic rings. The maximum atomic E-state index is 3.46. The van der Waals surface area contributed by atoms with Gasteiger partial charge in [0, 0.05) is 5.33 Å². The molecular weight excluding hydrogens is 231 g/mol. The van der Waals surface area contributed by atoms with Crippen molar-refractivity contribution in [3.05, 3.63) is 22.7 Å². The van der Waals surface area contributed by atoms with Crippen molar-refractivity contribution in [3.63, 3.8) is 0 Å². The fourth-order valence-corrected chi connectivity index (χ4v) is 3.98. The first-order valence-corrected chi connectivity index (χ1v) is 7.21. The molecule has 0 saturated carbocycles. The van der Waals surface area contributed by atoms with Crippen LogP contribution in [0.5, 0.6) is 0 Å². The van der Waals surface area contributed by atoms with Gasteiger partial charge in [0.1, 0.15) is 0 Å². The second-order valence-electron chi connectivity index (χ2n) is 3.26. The summed E-state index contributed by atoms with van der Waals surface area (Å²) >= 11 is 3.46. The normalized spacial score (nSPS) is 10.6. The van der Waals surface area contributed by atoms with Gasteiger partial charge in [0.15, 0.2) is 0 Å². The van der Waals surface area contributed by atoms with Crippen LogP contribution >= 0.6 is 23.5 Å². The van der Waals surface area contributed by atoms with Gasteiger partial charge in [0.2, 0.25) is 0 Å². The molecule has 0 aliphatic rings. The second kappa shape index (κ2) is 5.09. The molecule has 0 bridgehead atoms. The van der Waals surface area contributed by atoms with Gasteiger partial charge in [-0.15, -0.1) is 7.53 Å². The Bertz CT molecular complexity index is 220. The van der Waals surface area contributed by atoms with Crippen LogP contribution in [0.2, 0.25) is 0 Å². The van der Waals surface area contributed by atoms with Crippen molar-refractivity contribution >= 4 is 23.5 Å². The number of alkyl halides is 1. The Balaban J connectivity index is 2.42. The first-order valence-electron chi connectivity index (χ1n) is 4.43. The number of aryl methyl sites for hydroxylation is 3. The molecule has 0 N–H and O–H groups in total. The monoisotopic (exact) mass is 246 g/mol. The van der Waals surface area contributed by atoms with Gasteiger partial charge in [-0.25, -0.2) is 0 Å². The van der Waals surface area contributed by atoms with E-state index >= 15 is 0 Å². The van der Waals surface area contributed by atoms with Crippen LogP contribution in [0.4, 0.5) is 0 Å². The van der Waals surface area contributed by atoms with Crippen molar-refractivity contribution in [3.8, 4) is 0 Å². The topological polar surface area (TPSA) is 0 Å². The molecule has 0 atom stereocenters. The van der Waals surface area contributed by atoms with Crippen LogP contribution in [0.3, 0.4) is 0 Å². The molecule has 12 heavy (non-hydrogen) atoms. The third-order valence-corrected chi connectivity index (χ3v) is 4.97. The molecule has 0 unspecified atom stereocenters. The van der Waals surface area contributed by atoms with Gasteiger partial charge in [-0.3, -0.25) is 0 Å². The summed E-state index contributed by atoms with van der Waals surface area (Å²) in [6, 6.07) is 0. The van der Waals surface area contributed by atoms with Gasteiger partial charge in [0.05, 0.1) is 0 Å². The summed E-state index contributed by atoms with van der Waals surface area (Å²) in [6.45, 7) is 4.44. The maximum Gasteiger partial charge on any atom is 0.00315 e. The van der Waals surface area contributed by atoms with Gasteiger partial charge in [0.25, 0.3) is 0 Å². The Morgan fingerprint density at radius 2 is 1.75 bits per heavy atom. The minimum absolute atomic E-state index is 0.120. The Morgan fingerprint density at radius 1 is 1.17 bits per heavy atom. The zero-order valence-electron chi connectivity index (χ0n) is 7.81. The molecule has 68 valence electrons. The van der Waals surface area contributed by atoms with Gasteiger partial charge in [-0.1, -0.05) is 15.9 Å². The predicted octanol–water partition coefficient (Wildman–Crippen LogP) is 4.47. The molecule has 0 aliphatic heterocycles. The molecule has 0 aromatic carbocycles. The third-order valence-electron chi connectivity index (χ3n) is 2.14. The van der Waals surface area contributed by atoms with Gasteiger partial charge in [-0.05, 0) is 55.6 Å². The van der Waals surface area contributed by atoms with Crippen LogP contribution in [0, 0.1) is 13.8 Å². The molecule has 0 fully saturated rings. The molecule has 0 nitrogen and oxygen atoms in total. The van der Waals surface area contributed by atoms with Crippen LogP contribution in [-0.2, 0) is 6.16 Å². The van der Waals surface area contributed by atoms with Crippen LogP contribution in [-0.4, -0.2) is 5.33 Å². The fourth-order valence-electron chi connectivity index (χ4n) is 1.26. The van der Waals surface area contributed by atoms with Crippen molar-refractivity contribution in [2.75, 3.05) is 5.33 Å². The van der Waals surface area contributed by atoms with E-state index in [1.807, 2.05) is 0 Å². The number of unbranched alkanes of at least 4 members (excludes halogenated alkanes) is 1. The van der Waals surface area contributed by atoms with E-state index in [4.69, 9.17) is 0 Å². The third kappa shape index (κ3) is 2.95. The Labute approximate surface area is 84.6 Å². The highest BCUT2D eigenvalue weighted by Gasteiger charge is 1.98. The first-order chi connectivity index (χ1) is 5.74. The molecule has 1 rings (SSSR count). The summed E-state index contributed by atoms with van der Waals surface area (Å²) in [6.07, 6.45) is 4.07. The number of rotatable bonds is 4. The molecule has 0 amide bonds. The minimum atomic E-state index is 0.120. The Kier molecular flexibility index (Phi) is 4.39. The SMILES string of the molecule is Cc1cp(CCCCBr)cc1C. The van der Waals surface area contributed by atoms with Crippen molar-refractivity contribution < 1.29 is 0 Å². The van der Waals surface area contributed by atoms with E-state index in [1.54, 1.807) is 0 Å². The van der Waals surface area contributed by atoms with E-state index in [2.05, 4.69) is 41.4 Å². The van der Waals surface area contributed by atoms with Gasteiger partial charge < -0.3 is 0 Å². The number of halogens is 1. The molecule has 1 aromatic heterocycles. The zero-order chi connectivity index (χ0) is 8.97. The van der Waals surface area contributed by atoms with Crippen LogP contribution in [0.15, 0.2) is 11.6 Å². The molecule has 1 heterocycles. The summed E-state index contributed by atoms with van der Waals surface area (Å²) in [5.74, 6) is 4.91. The molecule has 0 spiro atoms. The quantitative estimate of drug-likeness (QED) is 0.544. The number of hydrogen-bond acceptors (Lipinski definition) is 0. The largest absolute Gasteiger partial charge is 0.124 e.